The SMILES string of the molecule is CCc1nn(C)c(CC(O)c2cc(F)c(F)cc2F)c1Br. The first kappa shape index (κ1) is 16.0. The van der Waals surface area contributed by atoms with Gasteiger partial charge in [-0.3, -0.25) is 4.68 Å². The van der Waals surface area contributed by atoms with E-state index in [1.807, 2.05) is 6.92 Å². The predicted octanol–water partition coefficient (Wildman–Crippen LogP) is 3.44. The third-order valence-electron chi connectivity index (χ3n) is 3.29. The number of halogens is 4. The third-order valence-corrected chi connectivity index (χ3v) is 4.20. The second-order valence-electron chi connectivity index (χ2n) is 4.69. The van der Waals surface area contributed by atoms with Crippen molar-refractivity contribution in [3.05, 3.63) is 51.0 Å². The maximum atomic E-state index is 13.7. The number of nitrogens with zero attached hydrogens (tertiary/aromatic N) is 2. The highest BCUT2D eigenvalue weighted by Gasteiger charge is 2.21. The van der Waals surface area contributed by atoms with Crippen molar-refractivity contribution in [2.45, 2.75) is 25.9 Å². The number of aryl methyl sites for hydroxylation is 2. The zero-order valence-corrected chi connectivity index (χ0v) is 13.1. The fraction of sp³-hybridized carbons (Fsp3) is 0.357. The van der Waals surface area contributed by atoms with Gasteiger partial charge in [0.05, 0.1) is 22.0 Å². The molecule has 0 aliphatic heterocycles. The van der Waals surface area contributed by atoms with Gasteiger partial charge in [-0.1, -0.05) is 6.92 Å². The molecule has 0 bridgehead atoms. The molecule has 7 heteroatoms. The van der Waals surface area contributed by atoms with Gasteiger partial charge in [-0.15, -0.1) is 0 Å². The smallest absolute Gasteiger partial charge is 0.161 e. The van der Waals surface area contributed by atoms with Crippen LogP contribution in [0.5, 0.6) is 0 Å². The van der Waals surface area contributed by atoms with Crippen molar-refractivity contribution in [1.29, 1.82) is 0 Å². The quantitative estimate of drug-likeness (QED) is 0.846. The molecule has 21 heavy (non-hydrogen) atoms. The highest BCUT2D eigenvalue weighted by atomic mass is 79.9. The van der Waals surface area contributed by atoms with E-state index in [0.29, 0.717) is 24.2 Å². The molecule has 3 nitrogen and oxygen atoms in total. The molecule has 1 atom stereocenters. The van der Waals surface area contributed by atoms with Crippen LogP contribution >= 0.6 is 15.9 Å². The van der Waals surface area contributed by atoms with Gasteiger partial charge in [0.2, 0.25) is 0 Å². The maximum Gasteiger partial charge on any atom is 0.161 e. The van der Waals surface area contributed by atoms with Crippen LogP contribution in [0.15, 0.2) is 16.6 Å². The molecule has 1 aromatic heterocycles. The zero-order chi connectivity index (χ0) is 15.7. The Morgan fingerprint density at radius 2 is 1.86 bits per heavy atom. The fourth-order valence-electron chi connectivity index (χ4n) is 2.13. The van der Waals surface area contributed by atoms with Crippen LogP contribution in [0, 0.1) is 17.5 Å². The Labute approximate surface area is 128 Å². The summed E-state index contributed by atoms with van der Waals surface area (Å²) in [7, 11) is 1.70. The van der Waals surface area contributed by atoms with Crippen molar-refractivity contribution >= 4 is 15.9 Å². The molecule has 0 radical (unpaired) electrons. The summed E-state index contributed by atoms with van der Waals surface area (Å²) in [5.41, 5.74) is 1.19. The van der Waals surface area contributed by atoms with Gasteiger partial charge >= 0.3 is 0 Å². The number of hydrogen-bond acceptors (Lipinski definition) is 2. The molecular weight excluding hydrogens is 349 g/mol. The first-order valence-corrected chi connectivity index (χ1v) is 7.17. The minimum Gasteiger partial charge on any atom is -0.388 e. The molecule has 1 heterocycles. The van der Waals surface area contributed by atoms with Crippen molar-refractivity contribution < 1.29 is 18.3 Å². The van der Waals surface area contributed by atoms with E-state index in [2.05, 4.69) is 21.0 Å². The number of aromatic nitrogens is 2. The lowest BCUT2D eigenvalue weighted by Gasteiger charge is -2.13. The van der Waals surface area contributed by atoms with Crippen LogP contribution in [0.4, 0.5) is 13.2 Å². The average Bonchev–Trinajstić information content (AvgIpc) is 2.70. The largest absolute Gasteiger partial charge is 0.388 e. The van der Waals surface area contributed by atoms with Gasteiger partial charge in [0, 0.05) is 25.1 Å². The van der Waals surface area contributed by atoms with E-state index in [1.165, 1.54) is 0 Å². The molecule has 0 amide bonds. The second kappa shape index (κ2) is 6.19. The van der Waals surface area contributed by atoms with Gasteiger partial charge in [-0.2, -0.15) is 5.10 Å². The Morgan fingerprint density at radius 1 is 1.24 bits per heavy atom. The van der Waals surface area contributed by atoms with E-state index >= 15 is 0 Å². The number of rotatable bonds is 4. The van der Waals surface area contributed by atoms with Crippen molar-refractivity contribution in [2.75, 3.05) is 0 Å². The van der Waals surface area contributed by atoms with Gasteiger partial charge in [-0.05, 0) is 28.4 Å². The standard InChI is InChI=1S/C14H14BrF3N2O/c1-3-11-14(15)12(20(2)19-11)6-13(21)7-4-9(17)10(18)5-8(7)16/h4-5,13,21H,3,6H2,1-2H3. The molecule has 0 spiro atoms. The maximum absolute atomic E-state index is 13.7. The molecule has 1 N–H and O–H groups in total. The summed E-state index contributed by atoms with van der Waals surface area (Å²) in [6.07, 6.45) is -0.563. The van der Waals surface area contributed by atoms with Gasteiger partial charge in [0.15, 0.2) is 11.6 Å². The van der Waals surface area contributed by atoms with E-state index in [-0.39, 0.29) is 12.0 Å². The molecule has 0 saturated carbocycles. The molecule has 114 valence electrons. The normalized spacial score (nSPS) is 12.7. The number of benzene rings is 1. The summed E-state index contributed by atoms with van der Waals surface area (Å²) in [4.78, 5) is 0. The van der Waals surface area contributed by atoms with E-state index in [9.17, 15) is 18.3 Å². The highest BCUT2D eigenvalue weighted by Crippen LogP contribution is 2.28. The van der Waals surface area contributed by atoms with Gasteiger partial charge in [-0.25, -0.2) is 13.2 Å². The highest BCUT2D eigenvalue weighted by molar-refractivity contribution is 9.10. The van der Waals surface area contributed by atoms with Gasteiger partial charge in [0.25, 0.3) is 0 Å². The van der Waals surface area contributed by atoms with Crippen LogP contribution in [0.1, 0.15) is 30.0 Å². The van der Waals surface area contributed by atoms with Gasteiger partial charge < -0.3 is 5.11 Å². The van der Waals surface area contributed by atoms with Crippen molar-refractivity contribution in [1.82, 2.24) is 9.78 Å². The molecule has 0 fully saturated rings. The summed E-state index contributed by atoms with van der Waals surface area (Å²) in [6, 6.07) is 1.12. The lowest BCUT2D eigenvalue weighted by molar-refractivity contribution is 0.170. The molecule has 0 aliphatic carbocycles. The van der Waals surface area contributed by atoms with Crippen molar-refractivity contribution in [3.63, 3.8) is 0 Å². The Hall–Kier alpha value is -1.34. The topological polar surface area (TPSA) is 38.0 Å². The minimum atomic E-state index is -1.29. The first-order chi connectivity index (χ1) is 9.85. The molecular formula is C14H14BrF3N2O. The summed E-state index contributed by atoms with van der Waals surface area (Å²) < 4.78 is 42.1. The lowest BCUT2D eigenvalue weighted by atomic mass is 10.0. The summed E-state index contributed by atoms with van der Waals surface area (Å²) in [5, 5.41) is 14.4. The fourth-order valence-corrected chi connectivity index (χ4v) is 2.91. The Balaban J connectivity index is 2.32. The molecule has 1 unspecified atom stereocenters. The number of hydrogen-bond donors (Lipinski definition) is 1. The second-order valence-corrected chi connectivity index (χ2v) is 5.49. The minimum absolute atomic E-state index is 0.0338. The Kier molecular flexibility index (Phi) is 4.73. The average molecular weight is 363 g/mol. The molecule has 2 aromatic rings. The monoisotopic (exact) mass is 362 g/mol. The summed E-state index contributed by atoms with van der Waals surface area (Å²) in [6.45, 7) is 1.93. The molecule has 0 saturated heterocycles. The van der Waals surface area contributed by atoms with Crippen LogP contribution in [0.3, 0.4) is 0 Å². The van der Waals surface area contributed by atoms with Crippen LogP contribution < -0.4 is 0 Å². The summed E-state index contributed by atoms with van der Waals surface area (Å²) in [5.74, 6) is -3.45. The van der Waals surface area contributed by atoms with Crippen LogP contribution in [0.2, 0.25) is 0 Å². The third kappa shape index (κ3) is 3.13. The van der Waals surface area contributed by atoms with E-state index in [1.54, 1.807) is 11.7 Å². The zero-order valence-electron chi connectivity index (χ0n) is 11.5. The van der Waals surface area contributed by atoms with Crippen LogP contribution in [-0.4, -0.2) is 14.9 Å². The van der Waals surface area contributed by atoms with Crippen molar-refractivity contribution in [3.8, 4) is 0 Å². The Morgan fingerprint density at radius 3 is 2.43 bits per heavy atom. The van der Waals surface area contributed by atoms with E-state index in [0.717, 1.165) is 10.2 Å². The molecule has 2 rings (SSSR count). The van der Waals surface area contributed by atoms with Gasteiger partial charge in [0.1, 0.15) is 5.82 Å². The van der Waals surface area contributed by atoms with E-state index in [4.69, 9.17) is 0 Å². The van der Waals surface area contributed by atoms with Crippen molar-refractivity contribution in [2.24, 2.45) is 7.05 Å². The molecule has 0 aliphatic rings. The number of aliphatic hydroxyl groups excluding tert-OH is 1. The van der Waals surface area contributed by atoms with E-state index < -0.39 is 23.6 Å². The molecule has 1 aromatic carbocycles. The number of aliphatic hydroxyl groups is 1. The predicted molar refractivity (Wildman–Crippen MR) is 75.3 cm³/mol. The first-order valence-electron chi connectivity index (χ1n) is 6.37. The summed E-state index contributed by atoms with van der Waals surface area (Å²) >= 11 is 3.39. The lowest BCUT2D eigenvalue weighted by Crippen LogP contribution is -2.09. The van der Waals surface area contributed by atoms with Crippen LogP contribution in [-0.2, 0) is 19.9 Å². The van der Waals surface area contributed by atoms with Crippen LogP contribution in [0.25, 0.3) is 0 Å². The Bertz CT molecular complexity index is 673.